The second-order valence-corrected chi connectivity index (χ2v) is 5.65. The molecule has 3 rings (SSSR count). The van der Waals surface area contributed by atoms with E-state index in [-0.39, 0.29) is 0 Å². The second kappa shape index (κ2) is 5.49. The Morgan fingerprint density at radius 1 is 1.05 bits per heavy atom. The Morgan fingerprint density at radius 2 is 1.85 bits per heavy atom. The van der Waals surface area contributed by atoms with Crippen LogP contribution in [0.1, 0.15) is 26.0 Å². The lowest BCUT2D eigenvalue weighted by Crippen LogP contribution is -2.03. The summed E-state index contributed by atoms with van der Waals surface area (Å²) in [5.74, 6) is 1.72. The van der Waals surface area contributed by atoms with Crippen LogP contribution in [0.5, 0.6) is 0 Å². The van der Waals surface area contributed by atoms with Crippen LogP contribution in [0.2, 0.25) is 0 Å². The van der Waals surface area contributed by atoms with E-state index in [1.807, 2.05) is 18.3 Å². The van der Waals surface area contributed by atoms with Crippen molar-refractivity contribution < 1.29 is 0 Å². The normalized spacial score (nSPS) is 11.3. The average molecular weight is 264 g/mol. The van der Waals surface area contributed by atoms with Crippen LogP contribution in [0.25, 0.3) is 16.7 Å². The summed E-state index contributed by atoms with van der Waals surface area (Å²) < 4.78 is 2.29. The van der Waals surface area contributed by atoms with E-state index in [2.05, 4.69) is 59.8 Å². The van der Waals surface area contributed by atoms with E-state index < -0.39 is 0 Å². The lowest BCUT2D eigenvalue weighted by Gasteiger charge is -2.11. The monoisotopic (exact) mass is 264 g/mol. The quantitative estimate of drug-likeness (QED) is 0.672. The molecule has 3 aromatic rings. The molecule has 2 heterocycles. The highest BCUT2D eigenvalue weighted by atomic mass is 15.1. The molecule has 0 atom stereocenters. The van der Waals surface area contributed by atoms with Gasteiger partial charge in [0, 0.05) is 17.3 Å². The Balaban J connectivity index is 2.13. The van der Waals surface area contributed by atoms with Gasteiger partial charge in [-0.15, -0.1) is 0 Å². The first-order valence-corrected chi connectivity index (χ1v) is 7.26. The zero-order valence-corrected chi connectivity index (χ0v) is 12.1. The van der Waals surface area contributed by atoms with Crippen molar-refractivity contribution in [2.24, 2.45) is 5.92 Å². The maximum atomic E-state index is 4.52. The fourth-order valence-electron chi connectivity index (χ4n) is 2.59. The van der Waals surface area contributed by atoms with Crippen LogP contribution in [0.15, 0.2) is 54.7 Å². The minimum Gasteiger partial charge on any atom is -0.298 e. The summed E-state index contributed by atoms with van der Waals surface area (Å²) in [6.45, 7) is 4.54. The van der Waals surface area contributed by atoms with Gasteiger partial charge in [-0.3, -0.25) is 4.57 Å². The van der Waals surface area contributed by atoms with Crippen molar-refractivity contribution in [2.75, 3.05) is 0 Å². The molecule has 0 amide bonds. The largest absolute Gasteiger partial charge is 0.298 e. The molecule has 0 radical (unpaired) electrons. The zero-order chi connectivity index (χ0) is 13.9. The molecule has 0 saturated heterocycles. The molecule has 0 saturated carbocycles. The van der Waals surface area contributed by atoms with E-state index in [0.717, 1.165) is 12.2 Å². The molecule has 0 bridgehead atoms. The van der Waals surface area contributed by atoms with Gasteiger partial charge in [0.25, 0.3) is 0 Å². The number of fused-ring (bicyclic) bond motifs is 1. The van der Waals surface area contributed by atoms with Gasteiger partial charge in [-0.2, -0.15) is 0 Å². The molecule has 0 unspecified atom stereocenters. The summed E-state index contributed by atoms with van der Waals surface area (Å²) in [7, 11) is 0. The van der Waals surface area contributed by atoms with Crippen molar-refractivity contribution in [1.82, 2.24) is 9.55 Å². The smallest absolute Gasteiger partial charge is 0.137 e. The zero-order valence-electron chi connectivity index (χ0n) is 12.1. The van der Waals surface area contributed by atoms with Crippen LogP contribution in [0.4, 0.5) is 0 Å². The topological polar surface area (TPSA) is 17.8 Å². The number of aryl methyl sites for hydroxylation is 1. The minimum absolute atomic E-state index is 0.713. The standard InChI is InChI=1S/C18H20N2/c1-14(2)10-11-16-13-15-7-3-4-8-17(15)20(16)18-9-5-6-12-19-18/h3-9,12-14H,10-11H2,1-2H3. The average Bonchev–Trinajstić information content (AvgIpc) is 2.84. The van der Waals surface area contributed by atoms with Crippen molar-refractivity contribution in [3.05, 3.63) is 60.4 Å². The molecule has 0 N–H and O–H groups in total. The third-order valence-electron chi connectivity index (χ3n) is 3.64. The SMILES string of the molecule is CC(C)CCc1cc2ccccc2n1-c1ccccn1. The lowest BCUT2D eigenvalue weighted by molar-refractivity contribution is 0.578. The van der Waals surface area contributed by atoms with Crippen LogP contribution in [0, 0.1) is 5.92 Å². The van der Waals surface area contributed by atoms with Gasteiger partial charge >= 0.3 is 0 Å². The first kappa shape index (κ1) is 12.9. The number of aromatic nitrogens is 2. The van der Waals surface area contributed by atoms with E-state index >= 15 is 0 Å². The van der Waals surface area contributed by atoms with Crippen molar-refractivity contribution in [1.29, 1.82) is 0 Å². The first-order valence-electron chi connectivity index (χ1n) is 7.26. The van der Waals surface area contributed by atoms with Gasteiger partial charge in [-0.25, -0.2) is 4.98 Å². The van der Waals surface area contributed by atoms with Crippen molar-refractivity contribution in [3.63, 3.8) is 0 Å². The highest BCUT2D eigenvalue weighted by Gasteiger charge is 2.11. The molecule has 2 heteroatoms. The van der Waals surface area contributed by atoms with Crippen LogP contribution < -0.4 is 0 Å². The number of para-hydroxylation sites is 1. The fraction of sp³-hybridized carbons (Fsp3) is 0.278. The number of rotatable bonds is 4. The molecule has 0 spiro atoms. The summed E-state index contributed by atoms with van der Waals surface area (Å²) >= 11 is 0. The van der Waals surface area contributed by atoms with E-state index in [9.17, 15) is 0 Å². The number of hydrogen-bond donors (Lipinski definition) is 0. The minimum atomic E-state index is 0.713. The van der Waals surface area contributed by atoms with E-state index in [1.165, 1.54) is 23.0 Å². The van der Waals surface area contributed by atoms with E-state index in [4.69, 9.17) is 0 Å². The Morgan fingerprint density at radius 3 is 2.60 bits per heavy atom. The predicted molar refractivity (Wildman–Crippen MR) is 84.2 cm³/mol. The fourth-order valence-corrected chi connectivity index (χ4v) is 2.59. The van der Waals surface area contributed by atoms with Gasteiger partial charge in [0.2, 0.25) is 0 Å². The Labute approximate surface area is 120 Å². The summed E-state index contributed by atoms with van der Waals surface area (Å²) in [4.78, 5) is 4.52. The van der Waals surface area contributed by atoms with E-state index in [1.54, 1.807) is 0 Å². The van der Waals surface area contributed by atoms with Crippen LogP contribution >= 0.6 is 0 Å². The van der Waals surface area contributed by atoms with Gasteiger partial charge in [0.1, 0.15) is 5.82 Å². The number of pyridine rings is 1. The van der Waals surface area contributed by atoms with Gasteiger partial charge in [0.15, 0.2) is 0 Å². The highest BCUT2D eigenvalue weighted by Crippen LogP contribution is 2.25. The third kappa shape index (κ3) is 2.46. The number of hydrogen-bond acceptors (Lipinski definition) is 1. The van der Waals surface area contributed by atoms with Crippen molar-refractivity contribution in [3.8, 4) is 5.82 Å². The molecule has 0 aliphatic carbocycles. The van der Waals surface area contributed by atoms with Crippen molar-refractivity contribution >= 4 is 10.9 Å². The summed E-state index contributed by atoms with van der Waals surface area (Å²) in [6, 6.07) is 16.9. The van der Waals surface area contributed by atoms with E-state index in [0.29, 0.717) is 5.92 Å². The Hall–Kier alpha value is -2.09. The van der Waals surface area contributed by atoms with Gasteiger partial charge in [-0.1, -0.05) is 38.1 Å². The maximum absolute atomic E-state index is 4.52. The molecular formula is C18H20N2. The molecule has 0 aliphatic rings. The molecule has 2 nitrogen and oxygen atoms in total. The predicted octanol–water partition coefficient (Wildman–Crippen LogP) is 4.61. The molecule has 20 heavy (non-hydrogen) atoms. The van der Waals surface area contributed by atoms with Crippen LogP contribution in [0.3, 0.4) is 0 Å². The molecule has 102 valence electrons. The third-order valence-corrected chi connectivity index (χ3v) is 3.64. The van der Waals surface area contributed by atoms with Crippen LogP contribution in [-0.2, 0) is 6.42 Å². The van der Waals surface area contributed by atoms with Gasteiger partial charge in [-0.05, 0) is 43.0 Å². The molecular weight excluding hydrogens is 244 g/mol. The summed E-state index contributed by atoms with van der Waals surface area (Å²) in [5.41, 5.74) is 2.59. The van der Waals surface area contributed by atoms with Crippen molar-refractivity contribution in [2.45, 2.75) is 26.7 Å². The first-order chi connectivity index (χ1) is 9.75. The maximum Gasteiger partial charge on any atom is 0.137 e. The number of nitrogens with zero attached hydrogens (tertiary/aromatic N) is 2. The molecule has 0 aliphatic heterocycles. The summed E-state index contributed by atoms with van der Waals surface area (Å²) in [6.07, 6.45) is 4.14. The molecule has 1 aromatic carbocycles. The van der Waals surface area contributed by atoms with Gasteiger partial charge in [0.05, 0.1) is 5.52 Å². The summed E-state index contributed by atoms with van der Waals surface area (Å²) in [5, 5.41) is 1.29. The number of benzene rings is 1. The van der Waals surface area contributed by atoms with Crippen LogP contribution in [-0.4, -0.2) is 9.55 Å². The lowest BCUT2D eigenvalue weighted by atomic mass is 10.1. The molecule has 2 aromatic heterocycles. The Kier molecular flexibility index (Phi) is 3.55. The molecule has 0 fully saturated rings. The second-order valence-electron chi connectivity index (χ2n) is 5.65. The Bertz CT molecular complexity index is 696. The highest BCUT2D eigenvalue weighted by molar-refractivity contribution is 5.83. The van der Waals surface area contributed by atoms with Gasteiger partial charge < -0.3 is 0 Å².